The SMILES string of the molecule is N[C@H](O)CC[C@@H]1[C@H]2CC(O)O[C@H]2C[C@H]1O. The molecule has 6 atom stereocenters. The van der Waals surface area contributed by atoms with Crippen LogP contribution < -0.4 is 5.73 Å². The summed E-state index contributed by atoms with van der Waals surface area (Å²) in [6.07, 6.45) is 0.458. The second-order valence-corrected chi connectivity index (χ2v) is 4.64. The fourth-order valence-electron chi connectivity index (χ4n) is 2.89. The molecule has 2 fully saturated rings. The Bertz CT molecular complexity index is 223. The Morgan fingerprint density at radius 2 is 2.07 bits per heavy atom. The van der Waals surface area contributed by atoms with Gasteiger partial charge in [0.15, 0.2) is 6.29 Å². The summed E-state index contributed by atoms with van der Waals surface area (Å²) in [6.45, 7) is 0. The molecule has 0 aromatic carbocycles. The van der Waals surface area contributed by atoms with Crippen molar-refractivity contribution < 1.29 is 20.1 Å². The fraction of sp³-hybridized carbons (Fsp3) is 1.00. The molecular weight excluding hydrogens is 198 g/mol. The first-order valence-corrected chi connectivity index (χ1v) is 5.53. The molecule has 5 N–H and O–H groups in total. The van der Waals surface area contributed by atoms with Gasteiger partial charge in [-0.15, -0.1) is 0 Å². The number of aliphatic hydroxyl groups excluding tert-OH is 3. The van der Waals surface area contributed by atoms with Gasteiger partial charge in [-0.2, -0.15) is 0 Å². The van der Waals surface area contributed by atoms with Crippen LogP contribution in [0.5, 0.6) is 0 Å². The topological polar surface area (TPSA) is 95.9 Å². The van der Waals surface area contributed by atoms with Crippen LogP contribution in [-0.2, 0) is 4.74 Å². The lowest BCUT2D eigenvalue weighted by Gasteiger charge is -2.20. The number of hydrogen-bond donors (Lipinski definition) is 4. The first-order chi connectivity index (χ1) is 7.08. The van der Waals surface area contributed by atoms with Crippen LogP contribution in [0.15, 0.2) is 0 Å². The number of hydrogen-bond acceptors (Lipinski definition) is 5. The van der Waals surface area contributed by atoms with E-state index in [1.807, 2.05) is 0 Å². The summed E-state index contributed by atoms with van der Waals surface area (Å²) in [5.74, 6) is 0.319. The Morgan fingerprint density at radius 3 is 2.73 bits per heavy atom. The molecule has 1 heterocycles. The van der Waals surface area contributed by atoms with E-state index in [2.05, 4.69) is 0 Å². The zero-order valence-corrected chi connectivity index (χ0v) is 8.62. The molecule has 2 aliphatic rings. The largest absolute Gasteiger partial charge is 0.393 e. The second-order valence-electron chi connectivity index (χ2n) is 4.64. The fourth-order valence-corrected chi connectivity index (χ4v) is 2.89. The van der Waals surface area contributed by atoms with Crippen LogP contribution in [0.25, 0.3) is 0 Å². The predicted octanol–water partition coefficient (Wildman–Crippen LogP) is -0.852. The van der Waals surface area contributed by atoms with Crippen molar-refractivity contribution in [2.45, 2.75) is 50.4 Å². The monoisotopic (exact) mass is 217 g/mol. The molecule has 15 heavy (non-hydrogen) atoms. The van der Waals surface area contributed by atoms with E-state index < -0.39 is 12.5 Å². The minimum Gasteiger partial charge on any atom is -0.393 e. The molecule has 0 aromatic rings. The van der Waals surface area contributed by atoms with Crippen LogP contribution in [0.1, 0.15) is 25.7 Å². The molecule has 0 amide bonds. The average molecular weight is 217 g/mol. The van der Waals surface area contributed by atoms with Crippen molar-refractivity contribution in [2.75, 3.05) is 0 Å². The Balaban J connectivity index is 1.92. The van der Waals surface area contributed by atoms with E-state index in [1.54, 1.807) is 0 Å². The molecule has 1 unspecified atom stereocenters. The van der Waals surface area contributed by atoms with Gasteiger partial charge in [-0.25, -0.2) is 0 Å². The molecule has 5 nitrogen and oxygen atoms in total. The van der Waals surface area contributed by atoms with Gasteiger partial charge in [0.05, 0.1) is 12.2 Å². The Labute approximate surface area is 88.8 Å². The number of aliphatic hydroxyl groups is 3. The van der Waals surface area contributed by atoms with Gasteiger partial charge < -0.3 is 25.8 Å². The summed E-state index contributed by atoms with van der Waals surface area (Å²) in [6, 6.07) is 0. The third-order valence-electron chi connectivity index (χ3n) is 3.60. The van der Waals surface area contributed by atoms with Crippen molar-refractivity contribution >= 4 is 0 Å². The molecule has 1 aliphatic carbocycles. The molecule has 0 aromatic heterocycles. The van der Waals surface area contributed by atoms with Crippen molar-refractivity contribution in [3.63, 3.8) is 0 Å². The Kier molecular flexibility index (Phi) is 3.27. The van der Waals surface area contributed by atoms with Gasteiger partial charge in [0.2, 0.25) is 0 Å². The van der Waals surface area contributed by atoms with Gasteiger partial charge in [0, 0.05) is 12.8 Å². The molecule has 0 spiro atoms. The molecular formula is C10H19NO4. The molecule has 2 rings (SSSR count). The van der Waals surface area contributed by atoms with Gasteiger partial charge >= 0.3 is 0 Å². The van der Waals surface area contributed by atoms with Gasteiger partial charge in [0.1, 0.15) is 6.23 Å². The predicted molar refractivity (Wildman–Crippen MR) is 52.5 cm³/mol. The summed E-state index contributed by atoms with van der Waals surface area (Å²) >= 11 is 0. The molecule has 0 radical (unpaired) electrons. The molecule has 88 valence electrons. The van der Waals surface area contributed by atoms with Crippen molar-refractivity contribution in [1.82, 2.24) is 0 Å². The number of fused-ring (bicyclic) bond motifs is 1. The zero-order chi connectivity index (χ0) is 11.0. The summed E-state index contributed by atoms with van der Waals surface area (Å²) in [4.78, 5) is 0. The summed E-state index contributed by atoms with van der Waals surface area (Å²) in [7, 11) is 0. The maximum absolute atomic E-state index is 9.81. The van der Waals surface area contributed by atoms with Crippen molar-refractivity contribution in [3.8, 4) is 0 Å². The number of ether oxygens (including phenoxy) is 1. The lowest BCUT2D eigenvalue weighted by molar-refractivity contribution is -0.0951. The molecule has 5 heteroatoms. The standard InChI is InChI=1S/C10H19NO4/c11-9(13)2-1-5-6-3-10(14)15-8(6)4-7(5)12/h5-10,12-14H,1-4,11H2/t5-,6-,7-,8+,9-,10?/m1/s1. The van der Waals surface area contributed by atoms with Crippen molar-refractivity contribution in [2.24, 2.45) is 17.6 Å². The van der Waals surface area contributed by atoms with E-state index in [0.29, 0.717) is 25.7 Å². The van der Waals surface area contributed by atoms with Crippen molar-refractivity contribution in [3.05, 3.63) is 0 Å². The van der Waals surface area contributed by atoms with E-state index in [9.17, 15) is 10.2 Å². The van der Waals surface area contributed by atoms with Crippen LogP contribution in [0, 0.1) is 11.8 Å². The van der Waals surface area contributed by atoms with Gasteiger partial charge in [-0.1, -0.05) is 0 Å². The molecule has 1 saturated heterocycles. The second kappa shape index (κ2) is 4.35. The maximum atomic E-state index is 9.81. The minimum atomic E-state index is -0.816. The average Bonchev–Trinajstić information content (AvgIpc) is 2.57. The summed E-state index contributed by atoms with van der Waals surface area (Å²) in [5, 5.41) is 28.2. The van der Waals surface area contributed by atoms with Crippen LogP contribution in [0.4, 0.5) is 0 Å². The highest BCUT2D eigenvalue weighted by atomic mass is 16.6. The molecule has 1 saturated carbocycles. The maximum Gasteiger partial charge on any atom is 0.155 e. The van der Waals surface area contributed by atoms with E-state index in [0.717, 1.165) is 0 Å². The van der Waals surface area contributed by atoms with E-state index in [4.69, 9.17) is 15.6 Å². The van der Waals surface area contributed by atoms with Crippen molar-refractivity contribution in [1.29, 1.82) is 0 Å². The first-order valence-electron chi connectivity index (χ1n) is 5.53. The van der Waals surface area contributed by atoms with E-state index in [-0.39, 0.29) is 24.0 Å². The molecule has 0 bridgehead atoms. The quantitative estimate of drug-likeness (QED) is 0.462. The summed E-state index contributed by atoms with van der Waals surface area (Å²) in [5.41, 5.74) is 5.27. The van der Waals surface area contributed by atoms with Crippen LogP contribution in [0.3, 0.4) is 0 Å². The highest BCUT2D eigenvalue weighted by Crippen LogP contribution is 2.44. The highest BCUT2D eigenvalue weighted by Gasteiger charge is 2.48. The Morgan fingerprint density at radius 1 is 1.33 bits per heavy atom. The van der Waals surface area contributed by atoms with Crippen LogP contribution >= 0.6 is 0 Å². The Hall–Kier alpha value is -0.200. The lowest BCUT2D eigenvalue weighted by Crippen LogP contribution is -2.25. The normalized spacial score (nSPS) is 46.8. The third kappa shape index (κ3) is 2.32. The smallest absolute Gasteiger partial charge is 0.155 e. The highest BCUT2D eigenvalue weighted by molar-refractivity contribution is 4.95. The number of rotatable bonds is 3. The van der Waals surface area contributed by atoms with Gasteiger partial charge in [0.25, 0.3) is 0 Å². The van der Waals surface area contributed by atoms with Gasteiger partial charge in [-0.05, 0) is 24.7 Å². The van der Waals surface area contributed by atoms with E-state index in [1.165, 1.54) is 0 Å². The minimum absolute atomic E-state index is 0.0186. The third-order valence-corrected chi connectivity index (χ3v) is 3.60. The van der Waals surface area contributed by atoms with E-state index >= 15 is 0 Å². The lowest BCUT2D eigenvalue weighted by atomic mass is 9.88. The van der Waals surface area contributed by atoms with Crippen LogP contribution in [-0.4, -0.2) is 40.0 Å². The zero-order valence-electron chi connectivity index (χ0n) is 8.62. The summed E-state index contributed by atoms with van der Waals surface area (Å²) < 4.78 is 5.29. The molecule has 1 aliphatic heterocycles. The van der Waals surface area contributed by atoms with Gasteiger partial charge in [-0.3, -0.25) is 0 Å². The first kappa shape index (κ1) is 11.3. The number of nitrogens with two attached hydrogens (primary N) is 1. The van der Waals surface area contributed by atoms with Crippen LogP contribution in [0.2, 0.25) is 0 Å².